The van der Waals surface area contributed by atoms with Gasteiger partial charge in [0.15, 0.2) is 6.61 Å². The second-order valence-electron chi connectivity index (χ2n) is 7.11. The lowest BCUT2D eigenvalue weighted by Gasteiger charge is -2.26. The van der Waals surface area contributed by atoms with Gasteiger partial charge in [0.25, 0.3) is 5.91 Å². The Hall–Kier alpha value is -2.09. The molecule has 1 N–H and O–H groups in total. The lowest BCUT2D eigenvalue weighted by atomic mass is 10.1. The maximum Gasteiger partial charge on any atom is 0.258 e. The van der Waals surface area contributed by atoms with Crippen molar-refractivity contribution in [3.05, 3.63) is 58.6 Å². The lowest BCUT2D eigenvalue weighted by Crippen LogP contribution is -2.35. The molecule has 0 saturated carbocycles. The molecule has 2 aromatic carbocycles. The third-order valence-corrected chi connectivity index (χ3v) is 6.98. The summed E-state index contributed by atoms with van der Waals surface area (Å²) in [6.45, 7) is 3.25. The van der Waals surface area contributed by atoms with Gasteiger partial charge in [-0.3, -0.25) is 4.79 Å². The number of sulfonamides is 1. The van der Waals surface area contributed by atoms with Crippen LogP contribution in [-0.2, 0) is 21.4 Å². The SMILES string of the molecule is Cc1cccc(CNC(=O)COc2ccc(S(=O)(=O)N3CCCCC3)cc2Cl)c1. The fraction of sp³-hybridized carbons (Fsp3) is 0.381. The van der Waals surface area contributed by atoms with E-state index >= 15 is 0 Å². The summed E-state index contributed by atoms with van der Waals surface area (Å²) >= 11 is 6.21. The highest BCUT2D eigenvalue weighted by Crippen LogP contribution is 2.29. The van der Waals surface area contributed by atoms with Gasteiger partial charge in [0.1, 0.15) is 5.75 Å². The van der Waals surface area contributed by atoms with Crippen LogP contribution in [0.25, 0.3) is 0 Å². The first kappa shape index (κ1) is 21.6. The van der Waals surface area contributed by atoms with Gasteiger partial charge < -0.3 is 10.1 Å². The molecule has 6 nitrogen and oxygen atoms in total. The summed E-state index contributed by atoms with van der Waals surface area (Å²) in [6, 6.07) is 12.2. The molecular formula is C21H25ClN2O4S. The third kappa shape index (κ3) is 5.72. The predicted molar refractivity (Wildman–Crippen MR) is 113 cm³/mol. The maximum absolute atomic E-state index is 12.7. The van der Waals surface area contributed by atoms with Crippen LogP contribution in [0.5, 0.6) is 5.75 Å². The molecule has 1 fully saturated rings. The maximum atomic E-state index is 12.7. The molecule has 1 saturated heterocycles. The fourth-order valence-electron chi connectivity index (χ4n) is 3.23. The summed E-state index contributed by atoms with van der Waals surface area (Å²) in [5.41, 5.74) is 2.13. The van der Waals surface area contributed by atoms with Gasteiger partial charge in [-0.05, 0) is 43.5 Å². The Morgan fingerprint density at radius 1 is 1.14 bits per heavy atom. The van der Waals surface area contributed by atoms with E-state index in [4.69, 9.17) is 16.3 Å². The van der Waals surface area contributed by atoms with Crippen molar-refractivity contribution in [3.8, 4) is 5.75 Å². The van der Waals surface area contributed by atoms with Crippen LogP contribution in [0, 0.1) is 6.92 Å². The second-order valence-corrected chi connectivity index (χ2v) is 9.46. The van der Waals surface area contributed by atoms with Crippen LogP contribution in [0.1, 0.15) is 30.4 Å². The van der Waals surface area contributed by atoms with Crippen LogP contribution in [0.2, 0.25) is 5.02 Å². The second kappa shape index (κ2) is 9.61. The van der Waals surface area contributed by atoms with Gasteiger partial charge in [-0.15, -0.1) is 0 Å². The molecule has 0 aromatic heterocycles. The number of piperidine rings is 1. The van der Waals surface area contributed by atoms with Gasteiger partial charge >= 0.3 is 0 Å². The Morgan fingerprint density at radius 3 is 2.59 bits per heavy atom. The standard InChI is InChI=1S/C21H25ClN2O4S/c1-16-6-5-7-17(12-16)14-23-21(25)15-28-20-9-8-18(13-19(20)22)29(26,27)24-10-3-2-4-11-24/h5-9,12-13H,2-4,10-11,14-15H2,1H3,(H,23,25). The number of carbonyl (C=O) groups excluding carboxylic acids is 1. The Morgan fingerprint density at radius 2 is 1.90 bits per heavy atom. The summed E-state index contributed by atoms with van der Waals surface area (Å²) in [7, 11) is -3.56. The molecule has 2 aromatic rings. The number of nitrogens with zero attached hydrogens (tertiary/aromatic N) is 1. The van der Waals surface area contributed by atoms with Crippen molar-refractivity contribution in [2.24, 2.45) is 0 Å². The molecule has 3 rings (SSSR count). The average Bonchev–Trinajstić information content (AvgIpc) is 2.72. The first-order valence-electron chi connectivity index (χ1n) is 9.61. The molecule has 0 aliphatic carbocycles. The first-order valence-corrected chi connectivity index (χ1v) is 11.4. The minimum atomic E-state index is -3.56. The molecule has 1 heterocycles. The lowest BCUT2D eigenvalue weighted by molar-refractivity contribution is -0.123. The normalized spacial score (nSPS) is 15.1. The number of benzene rings is 2. The number of carbonyl (C=O) groups is 1. The predicted octanol–water partition coefficient (Wildman–Crippen LogP) is 3.52. The van der Waals surface area contributed by atoms with Crippen molar-refractivity contribution in [3.63, 3.8) is 0 Å². The van der Waals surface area contributed by atoms with Crippen molar-refractivity contribution in [1.29, 1.82) is 0 Å². The summed E-state index contributed by atoms with van der Waals surface area (Å²) in [5, 5.41) is 2.95. The number of amides is 1. The van der Waals surface area contributed by atoms with Crippen molar-refractivity contribution in [1.82, 2.24) is 9.62 Å². The van der Waals surface area contributed by atoms with Crippen molar-refractivity contribution < 1.29 is 17.9 Å². The minimum Gasteiger partial charge on any atom is -0.482 e. The van der Waals surface area contributed by atoms with E-state index in [-0.39, 0.29) is 28.2 Å². The monoisotopic (exact) mass is 436 g/mol. The number of hydrogen-bond donors (Lipinski definition) is 1. The van der Waals surface area contributed by atoms with Gasteiger partial charge in [0.05, 0.1) is 9.92 Å². The molecule has 0 atom stereocenters. The molecule has 1 amide bonds. The zero-order valence-electron chi connectivity index (χ0n) is 16.4. The number of nitrogens with one attached hydrogen (secondary N) is 1. The van der Waals surface area contributed by atoms with Crippen molar-refractivity contribution >= 4 is 27.5 Å². The van der Waals surface area contributed by atoms with E-state index in [0.717, 1.165) is 30.4 Å². The molecule has 0 spiro atoms. The number of aryl methyl sites for hydroxylation is 1. The van der Waals surface area contributed by atoms with E-state index in [9.17, 15) is 13.2 Å². The molecule has 8 heteroatoms. The van der Waals surface area contributed by atoms with Crippen molar-refractivity contribution in [2.45, 2.75) is 37.6 Å². The average molecular weight is 437 g/mol. The highest BCUT2D eigenvalue weighted by molar-refractivity contribution is 7.89. The Kier molecular flexibility index (Phi) is 7.16. The number of ether oxygens (including phenoxy) is 1. The summed E-state index contributed by atoms with van der Waals surface area (Å²) in [5.74, 6) is -0.0115. The number of hydrogen-bond acceptors (Lipinski definition) is 4. The van der Waals surface area contributed by atoms with Crippen LogP contribution in [0.4, 0.5) is 0 Å². The quantitative estimate of drug-likeness (QED) is 0.720. The Labute approximate surface area is 176 Å². The molecule has 156 valence electrons. The number of halogens is 1. The minimum absolute atomic E-state index is 0.139. The van der Waals surface area contributed by atoms with Crippen LogP contribution < -0.4 is 10.1 Å². The molecule has 0 radical (unpaired) electrons. The highest BCUT2D eigenvalue weighted by atomic mass is 35.5. The van der Waals surface area contributed by atoms with Crippen LogP contribution in [-0.4, -0.2) is 38.3 Å². The Balaban J connectivity index is 1.57. The first-order chi connectivity index (χ1) is 13.9. The van der Waals surface area contributed by atoms with Gasteiger partial charge in [0, 0.05) is 19.6 Å². The molecule has 1 aliphatic heterocycles. The summed E-state index contributed by atoms with van der Waals surface area (Å²) in [6.07, 6.45) is 2.78. The van der Waals surface area contributed by atoms with Gasteiger partial charge in [0.2, 0.25) is 10.0 Å². The molecular weight excluding hydrogens is 412 g/mol. The largest absolute Gasteiger partial charge is 0.482 e. The molecule has 0 bridgehead atoms. The van der Waals surface area contributed by atoms with E-state index in [0.29, 0.717) is 19.6 Å². The number of rotatable bonds is 7. The van der Waals surface area contributed by atoms with E-state index < -0.39 is 10.0 Å². The van der Waals surface area contributed by atoms with E-state index in [1.807, 2.05) is 31.2 Å². The molecule has 29 heavy (non-hydrogen) atoms. The van der Waals surface area contributed by atoms with Crippen LogP contribution in [0.3, 0.4) is 0 Å². The van der Waals surface area contributed by atoms with Crippen molar-refractivity contribution in [2.75, 3.05) is 19.7 Å². The van der Waals surface area contributed by atoms with E-state index in [1.165, 1.54) is 22.5 Å². The highest BCUT2D eigenvalue weighted by Gasteiger charge is 2.26. The molecule has 0 unspecified atom stereocenters. The smallest absolute Gasteiger partial charge is 0.258 e. The van der Waals surface area contributed by atoms with E-state index in [1.54, 1.807) is 0 Å². The fourth-order valence-corrected chi connectivity index (χ4v) is 5.07. The summed E-state index contributed by atoms with van der Waals surface area (Å²) < 4.78 is 32.4. The third-order valence-electron chi connectivity index (χ3n) is 4.79. The van der Waals surface area contributed by atoms with Gasteiger partial charge in [-0.2, -0.15) is 4.31 Å². The molecule has 1 aliphatic rings. The van der Waals surface area contributed by atoms with Gasteiger partial charge in [-0.25, -0.2) is 8.42 Å². The zero-order chi connectivity index (χ0) is 20.9. The van der Waals surface area contributed by atoms with Crippen LogP contribution >= 0.6 is 11.6 Å². The van der Waals surface area contributed by atoms with E-state index in [2.05, 4.69) is 5.32 Å². The zero-order valence-corrected chi connectivity index (χ0v) is 17.9. The topological polar surface area (TPSA) is 75.7 Å². The summed E-state index contributed by atoms with van der Waals surface area (Å²) in [4.78, 5) is 12.2. The van der Waals surface area contributed by atoms with Crippen LogP contribution in [0.15, 0.2) is 47.4 Å². The van der Waals surface area contributed by atoms with Gasteiger partial charge in [-0.1, -0.05) is 47.9 Å². The Bertz CT molecular complexity index is 972.